The van der Waals surface area contributed by atoms with E-state index in [4.69, 9.17) is 14.0 Å². The van der Waals surface area contributed by atoms with E-state index in [2.05, 4.69) is 4.98 Å². The Morgan fingerprint density at radius 2 is 2.00 bits per heavy atom. The second-order valence-corrected chi connectivity index (χ2v) is 6.97. The Hall–Kier alpha value is -1.25. The molecule has 0 spiro atoms. The zero-order valence-corrected chi connectivity index (χ0v) is 14.1. The fourth-order valence-corrected chi connectivity index (χ4v) is 2.55. The SMILES string of the molecule is CCOC(=O)c1ncc(C=C(F)B2OC(C)(C)C(C)(C)O2)s1. The first-order valence-electron chi connectivity index (χ1n) is 7.02. The van der Waals surface area contributed by atoms with E-state index >= 15 is 0 Å². The van der Waals surface area contributed by atoms with Crippen molar-refractivity contribution in [3.8, 4) is 0 Å². The standard InChI is InChI=1S/C14H19BFNO4S/c1-6-19-12(18)11-17-8-9(22-11)7-10(16)15-20-13(2,3)14(4,5)21-15/h7-8H,6H2,1-5H3. The van der Waals surface area contributed by atoms with Crippen molar-refractivity contribution in [2.24, 2.45) is 0 Å². The molecule has 0 saturated carbocycles. The number of aromatic nitrogens is 1. The van der Waals surface area contributed by atoms with Gasteiger partial charge in [0.15, 0.2) is 0 Å². The third-order valence-electron chi connectivity index (χ3n) is 3.73. The van der Waals surface area contributed by atoms with Crippen molar-refractivity contribution in [2.45, 2.75) is 45.8 Å². The van der Waals surface area contributed by atoms with Crippen molar-refractivity contribution >= 4 is 30.5 Å². The summed E-state index contributed by atoms with van der Waals surface area (Å²) in [4.78, 5) is 16.0. The second-order valence-electron chi connectivity index (χ2n) is 5.91. The number of ether oxygens (including phenoxy) is 1. The van der Waals surface area contributed by atoms with Gasteiger partial charge in [-0.1, -0.05) is 0 Å². The fourth-order valence-electron chi connectivity index (χ4n) is 1.80. The highest BCUT2D eigenvalue weighted by molar-refractivity contribution is 7.14. The molecule has 120 valence electrons. The van der Waals surface area contributed by atoms with Crippen LogP contribution in [0.3, 0.4) is 0 Å². The Morgan fingerprint density at radius 1 is 1.41 bits per heavy atom. The molecular weight excluding hydrogens is 308 g/mol. The van der Waals surface area contributed by atoms with Gasteiger partial charge >= 0.3 is 13.1 Å². The molecule has 0 amide bonds. The summed E-state index contributed by atoms with van der Waals surface area (Å²) in [5.74, 6) is -0.511. The number of rotatable bonds is 4. The first kappa shape index (κ1) is 17.1. The third-order valence-corrected chi connectivity index (χ3v) is 4.66. The molecule has 0 aliphatic carbocycles. The number of carbonyl (C=O) groups excluding carboxylic acids is 1. The molecule has 2 rings (SSSR count). The zero-order valence-electron chi connectivity index (χ0n) is 13.3. The molecule has 0 aromatic carbocycles. The largest absolute Gasteiger partial charge is 0.525 e. The molecule has 0 N–H and O–H groups in total. The zero-order chi connectivity index (χ0) is 16.5. The molecule has 1 aromatic heterocycles. The maximum atomic E-state index is 14.3. The van der Waals surface area contributed by atoms with Gasteiger partial charge in [0, 0.05) is 11.1 Å². The van der Waals surface area contributed by atoms with Gasteiger partial charge in [-0.15, -0.1) is 11.3 Å². The van der Waals surface area contributed by atoms with Crippen LogP contribution in [0.4, 0.5) is 4.39 Å². The molecule has 1 aliphatic rings. The minimum Gasteiger partial charge on any atom is -0.461 e. The predicted octanol–water partition coefficient (Wildman–Crippen LogP) is 3.26. The summed E-state index contributed by atoms with van der Waals surface area (Å²) in [7, 11) is -1.06. The number of thiazole rings is 1. The van der Waals surface area contributed by atoms with E-state index in [0.717, 1.165) is 11.3 Å². The lowest BCUT2D eigenvalue weighted by Crippen LogP contribution is -2.41. The van der Waals surface area contributed by atoms with Crippen LogP contribution in [-0.2, 0) is 14.0 Å². The van der Waals surface area contributed by atoms with Gasteiger partial charge in [0.2, 0.25) is 5.01 Å². The first-order valence-corrected chi connectivity index (χ1v) is 7.83. The van der Waals surface area contributed by atoms with Crippen molar-refractivity contribution in [1.29, 1.82) is 0 Å². The van der Waals surface area contributed by atoms with Crippen molar-refractivity contribution in [3.63, 3.8) is 0 Å². The summed E-state index contributed by atoms with van der Waals surface area (Å²) < 4.78 is 30.4. The Kier molecular flexibility index (Phi) is 4.74. The van der Waals surface area contributed by atoms with Crippen LogP contribution < -0.4 is 0 Å². The summed E-state index contributed by atoms with van der Waals surface area (Å²) >= 11 is 1.05. The summed E-state index contributed by atoms with van der Waals surface area (Å²) in [6.07, 6.45) is 2.68. The normalized spacial score (nSPS) is 20.3. The molecule has 1 fully saturated rings. The van der Waals surface area contributed by atoms with Gasteiger partial charge in [0.05, 0.1) is 17.8 Å². The van der Waals surface area contributed by atoms with E-state index in [1.54, 1.807) is 6.92 Å². The van der Waals surface area contributed by atoms with Crippen molar-refractivity contribution in [2.75, 3.05) is 6.61 Å². The van der Waals surface area contributed by atoms with Gasteiger partial charge in [0.1, 0.15) is 5.73 Å². The highest BCUT2D eigenvalue weighted by Gasteiger charge is 2.53. The smallest absolute Gasteiger partial charge is 0.461 e. The van der Waals surface area contributed by atoms with Crippen LogP contribution in [0.15, 0.2) is 11.9 Å². The maximum absolute atomic E-state index is 14.3. The van der Waals surface area contributed by atoms with E-state index < -0.39 is 30.0 Å². The summed E-state index contributed by atoms with van der Waals surface area (Å²) in [5.41, 5.74) is -1.77. The topological polar surface area (TPSA) is 57.7 Å². The van der Waals surface area contributed by atoms with E-state index in [0.29, 0.717) is 4.88 Å². The van der Waals surface area contributed by atoms with Gasteiger partial charge in [-0.25, -0.2) is 14.2 Å². The molecule has 0 bridgehead atoms. The Labute approximate surface area is 133 Å². The maximum Gasteiger partial charge on any atom is 0.525 e. The Balaban J connectivity index is 2.12. The van der Waals surface area contributed by atoms with Crippen LogP contribution in [-0.4, -0.2) is 35.9 Å². The number of esters is 1. The number of halogens is 1. The van der Waals surface area contributed by atoms with Crippen LogP contribution in [0, 0.1) is 0 Å². The molecule has 2 heterocycles. The molecule has 1 aliphatic heterocycles. The molecular formula is C14H19BFNO4S. The molecule has 8 heteroatoms. The van der Waals surface area contributed by atoms with Gasteiger partial charge in [-0.3, -0.25) is 0 Å². The van der Waals surface area contributed by atoms with Crippen LogP contribution in [0.25, 0.3) is 6.08 Å². The summed E-state index contributed by atoms with van der Waals surface area (Å²) in [6.45, 7) is 9.39. The van der Waals surface area contributed by atoms with Crippen LogP contribution in [0.1, 0.15) is 49.3 Å². The number of hydrogen-bond donors (Lipinski definition) is 0. The van der Waals surface area contributed by atoms with E-state index in [9.17, 15) is 9.18 Å². The van der Waals surface area contributed by atoms with Gasteiger partial charge in [-0.2, -0.15) is 0 Å². The Bertz CT molecular complexity index is 583. The molecule has 0 radical (unpaired) electrons. The minimum absolute atomic E-state index is 0.190. The molecule has 0 atom stereocenters. The van der Waals surface area contributed by atoms with E-state index in [-0.39, 0.29) is 11.6 Å². The van der Waals surface area contributed by atoms with Crippen LogP contribution in [0.5, 0.6) is 0 Å². The number of nitrogens with zero attached hydrogens (tertiary/aromatic N) is 1. The first-order chi connectivity index (χ1) is 10.2. The van der Waals surface area contributed by atoms with Crippen LogP contribution >= 0.6 is 11.3 Å². The highest BCUT2D eigenvalue weighted by atomic mass is 32.1. The highest BCUT2D eigenvalue weighted by Crippen LogP contribution is 2.39. The monoisotopic (exact) mass is 327 g/mol. The molecule has 22 heavy (non-hydrogen) atoms. The van der Waals surface area contributed by atoms with Crippen molar-refractivity contribution in [3.05, 3.63) is 21.8 Å². The average Bonchev–Trinajstić information content (AvgIpc) is 2.93. The van der Waals surface area contributed by atoms with E-state index in [1.807, 2.05) is 27.7 Å². The Morgan fingerprint density at radius 3 is 2.55 bits per heavy atom. The lowest BCUT2D eigenvalue weighted by atomic mass is 9.87. The lowest BCUT2D eigenvalue weighted by Gasteiger charge is -2.32. The summed E-state index contributed by atoms with van der Waals surface area (Å²) in [6, 6.07) is 0. The average molecular weight is 327 g/mol. The number of hydrogen-bond acceptors (Lipinski definition) is 6. The van der Waals surface area contributed by atoms with Crippen LogP contribution in [0.2, 0.25) is 0 Å². The molecule has 0 unspecified atom stereocenters. The quantitative estimate of drug-likeness (QED) is 0.627. The summed E-state index contributed by atoms with van der Waals surface area (Å²) in [5, 5.41) is 0.190. The van der Waals surface area contributed by atoms with E-state index in [1.165, 1.54) is 12.3 Å². The van der Waals surface area contributed by atoms with Gasteiger partial charge in [0.25, 0.3) is 0 Å². The van der Waals surface area contributed by atoms with Crippen molar-refractivity contribution < 1.29 is 23.2 Å². The minimum atomic E-state index is -1.06. The van der Waals surface area contributed by atoms with Gasteiger partial charge < -0.3 is 14.0 Å². The lowest BCUT2D eigenvalue weighted by molar-refractivity contribution is 0.00578. The third kappa shape index (κ3) is 3.39. The second kappa shape index (κ2) is 6.10. The fraction of sp³-hybridized carbons (Fsp3) is 0.571. The molecule has 1 aromatic rings. The number of carbonyl (C=O) groups is 1. The predicted molar refractivity (Wildman–Crippen MR) is 83.2 cm³/mol. The molecule has 5 nitrogen and oxygen atoms in total. The van der Waals surface area contributed by atoms with Gasteiger partial charge in [-0.05, 0) is 40.7 Å². The molecule has 1 saturated heterocycles. The van der Waals surface area contributed by atoms with Crippen molar-refractivity contribution in [1.82, 2.24) is 4.98 Å².